The third kappa shape index (κ3) is 3.07. The van der Waals surface area contributed by atoms with E-state index in [1.54, 1.807) is 12.1 Å². The lowest BCUT2D eigenvalue weighted by Crippen LogP contribution is -2.30. The van der Waals surface area contributed by atoms with E-state index in [1.165, 1.54) is 24.4 Å². The van der Waals surface area contributed by atoms with Crippen LogP contribution in [0.15, 0.2) is 59.7 Å². The van der Waals surface area contributed by atoms with Gasteiger partial charge in [-0.2, -0.15) is 10.1 Å². The van der Waals surface area contributed by atoms with E-state index in [0.29, 0.717) is 5.56 Å². The number of hydrazone groups is 1. The second-order valence-electron chi connectivity index (χ2n) is 9.29. The Morgan fingerprint density at radius 3 is 2.11 bits per heavy atom. The number of carbonyl (C=O) groups excluding carboxylic acids is 2. The molecule has 1 heterocycles. The van der Waals surface area contributed by atoms with Crippen molar-refractivity contribution in [2.45, 2.75) is 12.8 Å². The van der Waals surface area contributed by atoms with Crippen molar-refractivity contribution < 1.29 is 24.2 Å². The molecule has 2 aromatic carbocycles. The first-order valence-corrected chi connectivity index (χ1v) is 11.1. The van der Waals surface area contributed by atoms with E-state index in [9.17, 15) is 29.8 Å². The lowest BCUT2D eigenvalue weighted by molar-refractivity contribution is -0.394. The Balaban J connectivity index is 1.16. The van der Waals surface area contributed by atoms with Gasteiger partial charge in [-0.1, -0.05) is 12.2 Å². The lowest BCUT2D eigenvalue weighted by Gasteiger charge is -2.18. The number of imide groups is 1. The molecular weight excluding hydrogens is 456 g/mol. The molecule has 0 unspecified atom stereocenters. The summed E-state index contributed by atoms with van der Waals surface area (Å²) < 4.78 is 5.54. The first-order chi connectivity index (χ1) is 16.8. The summed E-state index contributed by atoms with van der Waals surface area (Å²) in [5, 5.41) is 27.3. The van der Waals surface area contributed by atoms with Gasteiger partial charge in [0.1, 0.15) is 5.75 Å². The molecule has 3 fully saturated rings. The van der Waals surface area contributed by atoms with Gasteiger partial charge in [-0.05, 0) is 66.0 Å². The van der Waals surface area contributed by atoms with Crippen molar-refractivity contribution in [1.29, 1.82) is 0 Å². The van der Waals surface area contributed by atoms with Crippen molar-refractivity contribution in [2.75, 3.05) is 0 Å². The number of non-ortho nitro benzene ring substituents is 1. The fraction of sp³-hybridized carbons (Fsp3) is 0.292. The van der Waals surface area contributed by atoms with E-state index >= 15 is 0 Å². The summed E-state index contributed by atoms with van der Waals surface area (Å²) in [6.07, 6.45) is 7.76. The van der Waals surface area contributed by atoms with E-state index in [-0.39, 0.29) is 52.4 Å². The normalized spacial score (nSPS) is 27.1. The monoisotopic (exact) mass is 474 g/mol. The van der Waals surface area contributed by atoms with Crippen LogP contribution < -0.4 is 4.74 Å². The van der Waals surface area contributed by atoms with Crippen LogP contribution in [0.25, 0.3) is 0 Å². The molecular formula is C24H18N4O7. The average molecular weight is 474 g/mol. The molecule has 1 aliphatic heterocycles. The van der Waals surface area contributed by atoms with Gasteiger partial charge in [0.05, 0.1) is 34.0 Å². The predicted octanol–water partition coefficient (Wildman–Crippen LogP) is 3.83. The molecule has 0 radical (unpaired) electrons. The maximum atomic E-state index is 13.0. The molecule has 0 aromatic heterocycles. The van der Waals surface area contributed by atoms with E-state index in [1.807, 2.05) is 0 Å². The number of carbonyl (C=O) groups is 2. The Bertz CT molecular complexity index is 1330. The Kier molecular flexibility index (Phi) is 4.41. The van der Waals surface area contributed by atoms with Gasteiger partial charge in [0.25, 0.3) is 17.5 Å². The minimum atomic E-state index is -0.754. The summed E-state index contributed by atoms with van der Waals surface area (Å²) in [5.41, 5.74) is -0.224. The van der Waals surface area contributed by atoms with Crippen LogP contribution in [0, 0.1) is 49.3 Å². The minimum Gasteiger partial charge on any atom is -0.450 e. The van der Waals surface area contributed by atoms with E-state index in [2.05, 4.69) is 17.3 Å². The molecule has 2 aromatic rings. The Labute approximate surface area is 198 Å². The van der Waals surface area contributed by atoms with Crippen LogP contribution in [0.4, 0.5) is 11.4 Å². The number of benzene rings is 2. The highest BCUT2D eigenvalue weighted by atomic mass is 16.6. The largest absolute Gasteiger partial charge is 0.450 e. The highest BCUT2D eigenvalue weighted by Gasteiger charge is 2.73. The number of fused-ring (bicyclic) bond motifs is 3. The highest BCUT2D eigenvalue weighted by molar-refractivity contribution is 6.07. The summed E-state index contributed by atoms with van der Waals surface area (Å²) >= 11 is 0. The second-order valence-corrected chi connectivity index (χ2v) is 9.29. The summed E-state index contributed by atoms with van der Waals surface area (Å²) in [6, 6.07) is 9.43. The maximum Gasteiger partial charge on any atom is 0.318 e. The van der Waals surface area contributed by atoms with Crippen LogP contribution in [0.3, 0.4) is 0 Å². The van der Waals surface area contributed by atoms with E-state index < -0.39 is 21.2 Å². The molecule has 2 amide bonds. The van der Waals surface area contributed by atoms with Gasteiger partial charge in [0.15, 0.2) is 0 Å². The van der Waals surface area contributed by atoms with Crippen molar-refractivity contribution in [1.82, 2.24) is 5.01 Å². The third-order valence-corrected chi connectivity index (χ3v) is 7.61. The molecule has 1 spiro atoms. The zero-order valence-electron chi connectivity index (χ0n) is 18.1. The zero-order chi connectivity index (χ0) is 24.5. The lowest BCUT2D eigenvalue weighted by atomic mass is 9.85. The van der Waals surface area contributed by atoms with Crippen molar-refractivity contribution >= 4 is 29.4 Å². The number of nitro benzene ring substituents is 2. The third-order valence-electron chi connectivity index (χ3n) is 7.61. The van der Waals surface area contributed by atoms with Crippen LogP contribution in [0.2, 0.25) is 0 Å². The molecule has 1 saturated heterocycles. The summed E-state index contributed by atoms with van der Waals surface area (Å²) in [4.78, 5) is 46.6. The molecule has 35 heavy (non-hydrogen) atoms. The van der Waals surface area contributed by atoms with E-state index in [4.69, 9.17) is 4.74 Å². The summed E-state index contributed by atoms with van der Waals surface area (Å²) in [5.74, 6) is -0.730. The molecule has 0 N–H and O–H groups in total. The van der Waals surface area contributed by atoms with Gasteiger partial charge in [-0.3, -0.25) is 29.8 Å². The molecule has 11 nitrogen and oxygen atoms in total. The SMILES string of the molecule is O=C1[C@@H]2[C@H](C(=O)N1/N=C\c1ccc(Oc3ccc([N+](=O)[O-])cc3[N+](=O)[O-])cc1)[C@H]1C=C[C@H]2C12CC2. The smallest absolute Gasteiger partial charge is 0.318 e. The molecule has 4 atom stereocenters. The van der Waals surface area contributed by atoms with Gasteiger partial charge >= 0.3 is 5.69 Å². The molecule has 6 rings (SSSR count). The van der Waals surface area contributed by atoms with Gasteiger partial charge in [-0.15, -0.1) is 0 Å². The van der Waals surface area contributed by atoms with Gasteiger partial charge in [-0.25, -0.2) is 0 Å². The van der Waals surface area contributed by atoms with Crippen LogP contribution in [-0.4, -0.2) is 32.9 Å². The van der Waals surface area contributed by atoms with E-state index in [0.717, 1.165) is 30.0 Å². The molecule has 11 heteroatoms. The van der Waals surface area contributed by atoms with Gasteiger partial charge < -0.3 is 4.74 Å². The molecule has 3 aliphatic carbocycles. The van der Waals surface area contributed by atoms with Crippen molar-refractivity contribution in [3.8, 4) is 11.5 Å². The van der Waals surface area contributed by atoms with Crippen molar-refractivity contribution in [2.24, 2.45) is 34.2 Å². The maximum absolute atomic E-state index is 13.0. The zero-order valence-corrected chi connectivity index (χ0v) is 18.1. The minimum absolute atomic E-state index is 0.130. The number of hydrogen-bond donors (Lipinski definition) is 0. The number of nitrogens with zero attached hydrogens (tertiary/aromatic N) is 4. The first kappa shape index (κ1) is 21.1. The van der Waals surface area contributed by atoms with Crippen LogP contribution >= 0.6 is 0 Å². The van der Waals surface area contributed by atoms with Crippen LogP contribution in [0.5, 0.6) is 11.5 Å². The van der Waals surface area contributed by atoms with Crippen molar-refractivity contribution in [3.05, 3.63) is 80.4 Å². The van der Waals surface area contributed by atoms with Crippen LogP contribution in [-0.2, 0) is 9.59 Å². The molecule has 2 saturated carbocycles. The van der Waals surface area contributed by atoms with Gasteiger partial charge in [0.2, 0.25) is 5.75 Å². The molecule has 176 valence electrons. The summed E-state index contributed by atoms with van der Waals surface area (Å²) in [7, 11) is 0. The van der Waals surface area contributed by atoms with Gasteiger partial charge in [0, 0.05) is 6.07 Å². The molecule has 4 aliphatic rings. The number of hydrogen-bond acceptors (Lipinski definition) is 8. The standard InChI is InChI=1S/C24H18N4O7/c29-22-20-16-6-7-17(24(16)9-10-24)21(20)23(30)26(22)25-12-13-1-4-15(5-2-13)35-19-8-3-14(27(31)32)11-18(19)28(33)34/h1-8,11-12,16-17,20-21H,9-10H2/b25-12-/t16-,17-,20-,21+/m1/s1. The quantitative estimate of drug-likeness (QED) is 0.203. The fourth-order valence-corrected chi connectivity index (χ4v) is 5.90. The fourth-order valence-electron chi connectivity index (χ4n) is 5.90. The molecule has 2 bridgehead atoms. The Morgan fingerprint density at radius 1 is 0.943 bits per heavy atom. The topological polar surface area (TPSA) is 145 Å². The number of nitro groups is 2. The van der Waals surface area contributed by atoms with Crippen LogP contribution in [0.1, 0.15) is 18.4 Å². The first-order valence-electron chi connectivity index (χ1n) is 11.1. The predicted molar refractivity (Wildman–Crippen MR) is 120 cm³/mol. The van der Waals surface area contributed by atoms with Crippen molar-refractivity contribution in [3.63, 3.8) is 0 Å². The summed E-state index contributed by atoms with van der Waals surface area (Å²) in [6.45, 7) is 0. The highest BCUT2D eigenvalue weighted by Crippen LogP contribution is 2.73. The Morgan fingerprint density at radius 2 is 1.57 bits per heavy atom. The second kappa shape index (κ2) is 7.29. The number of ether oxygens (including phenoxy) is 1. The number of rotatable bonds is 6. The average Bonchev–Trinajstić information content (AvgIpc) is 3.44. The number of amides is 2. The Hall–Kier alpha value is -4.41. The number of allylic oxidation sites excluding steroid dienone is 2.